The highest BCUT2D eigenvalue weighted by Gasteiger charge is 2.15. The first kappa shape index (κ1) is 17.1. The Kier molecular flexibility index (Phi) is 5.12. The average Bonchev–Trinajstić information content (AvgIpc) is 3.03. The summed E-state index contributed by atoms with van der Waals surface area (Å²) in [5.41, 5.74) is 1.38. The Hall–Kier alpha value is -2.69. The van der Waals surface area contributed by atoms with Crippen LogP contribution in [0.25, 0.3) is 11.3 Å². The lowest BCUT2D eigenvalue weighted by Crippen LogP contribution is -2.15. The van der Waals surface area contributed by atoms with Gasteiger partial charge in [-0.2, -0.15) is 0 Å². The Morgan fingerprint density at radius 2 is 2.16 bits per heavy atom. The van der Waals surface area contributed by atoms with Crippen LogP contribution < -0.4 is 10.0 Å². The zero-order valence-corrected chi connectivity index (χ0v) is 14.1. The quantitative estimate of drug-likeness (QED) is 0.592. The topological polar surface area (TPSA) is 104 Å². The first-order valence-electron chi connectivity index (χ1n) is 6.87. The van der Waals surface area contributed by atoms with Crippen LogP contribution in [0.4, 0.5) is 15.2 Å². The monoisotopic (exact) mass is 378 g/mol. The number of pyridine rings is 1. The van der Waals surface area contributed by atoms with E-state index in [9.17, 15) is 13.4 Å². The number of anilines is 2. The molecule has 0 saturated carbocycles. The maximum atomic E-state index is 13.3. The molecule has 1 unspecified atom stereocenters. The summed E-state index contributed by atoms with van der Waals surface area (Å²) in [6, 6.07) is 6.88. The maximum absolute atomic E-state index is 13.3. The van der Waals surface area contributed by atoms with E-state index in [2.05, 4.69) is 20.0 Å². The third-order valence-electron chi connectivity index (χ3n) is 3.11. The number of nitrogens with one attached hydrogen (secondary N) is 2. The number of carbonyl (C=O) groups is 1. The van der Waals surface area contributed by atoms with E-state index in [-0.39, 0.29) is 11.3 Å². The third kappa shape index (κ3) is 4.24. The van der Waals surface area contributed by atoms with Crippen molar-refractivity contribution >= 4 is 39.3 Å². The minimum absolute atomic E-state index is 0.0157. The Labute approximate surface area is 148 Å². The van der Waals surface area contributed by atoms with Crippen LogP contribution in [0.1, 0.15) is 10.4 Å². The summed E-state index contributed by atoms with van der Waals surface area (Å²) in [5.74, 6) is -1.22. The zero-order valence-electron chi connectivity index (χ0n) is 12.5. The summed E-state index contributed by atoms with van der Waals surface area (Å²) in [6.07, 6.45) is 3.30. The predicted octanol–water partition coefficient (Wildman–Crippen LogP) is 3.15. The van der Waals surface area contributed by atoms with Crippen molar-refractivity contribution in [2.75, 3.05) is 10.0 Å². The van der Waals surface area contributed by atoms with Crippen molar-refractivity contribution in [3.8, 4) is 11.3 Å². The second kappa shape index (κ2) is 7.47. The van der Waals surface area contributed by atoms with E-state index in [4.69, 9.17) is 4.55 Å². The SMILES string of the molecule is O=C(Nc1nc(-c2cccnc2)cs1)c1ccc(F)cc1NS(=O)O. The van der Waals surface area contributed by atoms with Gasteiger partial charge in [0.05, 0.1) is 16.9 Å². The molecule has 0 fully saturated rings. The van der Waals surface area contributed by atoms with Gasteiger partial charge in [0.25, 0.3) is 17.2 Å². The van der Waals surface area contributed by atoms with E-state index in [1.807, 2.05) is 6.07 Å². The second-order valence-electron chi connectivity index (χ2n) is 4.77. The van der Waals surface area contributed by atoms with E-state index in [1.165, 1.54) is 17.4 Å². The van der Waals surface area contributed by atoms with Gasteiger partial charge in [0.15, 0.2) is 5.13 Å². The molecule has 7 nitrogen and oxygen atoms in total. The number of benzene rings is 1. The summed E-state index contributed by atoms with van der Waals surface area (Å²) in [7, 11) is 0. The summed E-state index contributed by atoms with van der Waals surface area (Å²) in [6.45, 7) is 0. The van der Waals surface area contributed by atoms with E-state index in [1.54, 1.807) is 23.8 Å². The lowest BCUT2D eigenvalue weighted by atomic mass is 10.1. The van der Waals surface area contributed by atoms with Gasteiger partial charge in [-0.25, -0.2) is 13.6 Å². The van der Waals surface area contributed by atoms with Crippen LogP contribution in [-0.4, -0.2) is 24.6 Å². The highest BCUT2D eigenvalue weighted by molar-refractivity contribution is 7.80. The third-order valence-corrected chi connectivity index (χ3v) is 4.26. The molecule has 0 radical (unpaired) electrons. The van der Waals surface area contributed by atoms with Gasteiger partial charge >= 0.3 is 0 Å². The van der Waals surface area contributed by atoms with Gasteiger partial charge in [-0.1, -0.05) is 0 Å². The molecule has 0 aliphatic carbocycles. The molecule has 0 bridgehead atoms. The summed E-state index contributed by atoms with van der Waals surface area (Å²) in [5, 5.41) is 4.69. The number of aromatic nitrogens is 2. The molecular formula is C15H11FN4O3S2. The lowest BCUT2D eigenvalue weighted by Gasteiger charge is -2.09. The highest BCUT2D eigenvalue weighted by Crippen LogP contribution is 2.25. The smallest absolute Gasteiger partial charge is 0.259 e. The Morgan fingerprint density at radius 3 is 2.88 bits per heavy atom. The minimum Gasteiger partial charge on any atom is -0.298 e. The maximum Gasteiger partial charge on any atom is 0.259 e. The molecule has 10 heteroatoms. The molecule has 2 heterocycles. The standard InChI is InChI=1S/C15H11FN4O3S2/c16-10-3-4-11(12(6-10)20-25(22)23)14(21)19-15-18-13(8-24-15)9-2-1-5-17-7-9/h1-8,20H,(H,22,23)(H,18,19,21). The number of amides is 1. The number of hydrogen-bond acceptors (Lipinski definition) is 5. The Balaban J connectivity index is 1.81. The van der Waals surface area contributed by atoms with Crippen molar-refractivity contribution in [1.29, 1.82) is 0 Å². The molecule has 1 atom stereocenters. The molecule has 3 N–H and O–H groups in total. The Morgan fingerprint density at radius 1 is 1.32 bits per heavy atom. The molecule has 1 amide bonds. The first-order chi connectivity index (χ1) is 12.0. The lowest BCUT2D eigenvalue weighted by molar-refractivity contribution is 0.102. The van der Waals surface area contributed by atoms with Gasteiger partial charge in [0.2, 0.25) is 0 Å². The van der Waals surface area contributed by atoms with Crippen LogP contribution in [0.15, 0.2) is 48.1 Å². The van der Waals surface area contributed by atoms with Gasteiger partial charge in [-0.3, -0.25) is 24.4 Å². The number of carbonyl (C=O) groups excluding carboxylic acids is 1. The molecule has 3 rings (SSSR count). The van der Waals surface area contributed by atoms with Crippen LogP contribution in [0.2, 0.25) is 0 Å². The van der Waals surface area contributed by atoms with Crippen molar-refractivity contribution in [3.05, 3.63) is 59.5 Å². The minimum atomic E-state index is -2.44. The summed E-state index contributed by atoms with van der Waals surface area (Å²) < 4.78 is 35.2. The van der Waals surface area contributed by atoms with Crippen LogP contribution in [0.3, 0.4) is 0 Å². The van der Waals surface area contributed by atoms with Crippen LogP contribution in [-0.2, 0) is 11.3 Å². The number of halogens is 1. The van der Waals surface area contributed by atoms with Crippen molar-refractivity contribution in [1.82, 2.24) is 9.97 Å². The van der Waals surface area contributed by atoms with E-state index in [0.717, 1.165) is 17.7 Å². The van der Waals surface area contributed by atoms with Crippen molar-refractivity contribution in [2.45, 2.75) is 0 Å². The van der Waals surface area contributed by atoms with Gasteiger partial charge in [0.1, 0.15) is 5.82 Å². The second-order valence-corrected chi connectivity index (χ2v) is 6.34. The van der Waals surface area contributed by atoms with Crippen LogP contribution in [0.5, 0.6) is 0 Å². The molecule has 2 aromatic heterocycles. The zero-order chi connectivity index (χ0) is 17.8. The summed E-state index contributed by atoms with van der Waals surface area (Å²) in [4.78, 5) is 20.7. The molecule has 0 spiro atoms. The van der Waals surface area contributed by atoms with Gasteiger partial charge in [-0.05, 0) is 30.3 Å². The molecule has 0 aliphatic rings. The van der Waals surface area contributed by atoms with Gasteiger partial charge in [-0.15, -0.1) is 11.3 Å². The molecule has 0 saturated heterocycles. The molecule has 128 valence electrons. The molecule has 0 aliphatic heterocycles. The van der Waals surface area contributed by atoms with Crippen molar-refractivity contribution < 1.29 is 17.9 Å². The largest absolute Gasteiger partial charge is 0.298 e. The molecule has 3 aromatic rings. The van der Waals surface area contributed by atoms with E-state index >= 15 is 0 Å². The fraction of sp³-hybridized carbons (Fsp3) is 0. The van der Waals surface area contributed by atoms with E-state index < -0.39 is 23.0 Å². The molecule has 25 heavy (non-hydrogen) atoms. The van der Waals surface area contributed by atoms with Crippen LogP contribution >= 0.6 is 11.3 Å². The highest BCUT2D eigenvalue weighted by atomic mass is 32.2. The molecular weight excluding hydrogens is 367 g/mol. The van der Waals surface area contributed by atoms with Gasteiger partial charge < -0.3 is 0 Å². The summed E-state index contributed by atoms with van der Waals surface area (Å²) >= 11 is -1.22. The molecule has 1 aromatic carbocycles. The fourth-order valence-electron chi connectivity index (χ4n) is 2.04. The van der Waals surface area contributed by atoms with Crippen LogP contribution in [0, 0.1) is 5.82 Å². The first-order valence-corrected chi connectivity index (χ1v) is 8.86. The normalized spacial score (nSPS) is 11.8. The van der Waals surface area contributed by atoms with E-state index in [0.29, 0.717) is 10.8 Å². The number of thiazole rings is 1. The fourth-order valence-corrected chi connectivity index (χ4v) is 3.11. The number of rotatable bonds is 5. The number of hydrogen-bond donors (Lipinski definition) is 3. The van der Waals surface area contributed by atoms with Crippen molar-refractivity contribution in [2.24, 2.45) is 0 Å². The predicted molar refractivity (Wildman–Crippen MR) is 94.1 cm³/mol. The number of nitrogens with zero attached hydrogens (tertiary/aromatic N) is 2. The van der Waals surface area contributed by atoms with Gasteiger partial charge in [0, 0.05) is 23.3 Å². The van der Waals surface area contributed by atoms with Crippen molar-refractivity contribution in [3.63, 3.8) is 0 Å². The average molecular weight is 378 g/mol. The Bertz CT molecular complexity index is 934.